The van der Waals surface area contributed by atoms with Crippen LogP contribution in [0, 0.1) is 17.8 Å². The van der Waals surface area contributed by atoms with E-state index in [4.69, 9.17) is 0 Å². The van der Waals surface area contributed by atoms with Gasteiger partial charge in [-0.15, -0.1) is 0 Å². The highest BCUT2D eigenvalue weighted by molar-refractivity contribution is 5.80. The molecule has 1 aliphatic heterocycles. The lowest BCUT2D eigenvalue weighted by atomic mass is 9.80. The van der Waals surface area contributed by atoms with Gasteiger partial charge in [0.25, 0.3) is 0 Å². The van der Waals surface area contributed by atoms with Crippen molar-refractivity contribution in [1.29, 1.82) is 0 Å². The molecule has 2 saturated carbocycles. The Bertz CT molecular complexity index is 515. The second kappa shape index (κ2) is 10.5. The molecule has 28 heavy (non-hydrogen) atoms. The molecule has 3 aliphatic rings. The van der Waals surface area contributed by atoms with Crippen molar-refractivity contribution in [3.05, 3.63) is 0 Å². The SMILES string of the molecule is CN=C(NCCN1CCN(C(=O)C2CCC2)CC1)NC1CCC(C(C)C)CC1. The van der Waals surface area contributed by atoms with Crippen molar-refractivity contribution in [2.45, 2.75) is 64.8 Å². The molecule has 2 N–H and O–H groups in total. The summed E-state index contributed by atoms with van der Waals surface area (Å²) in [6, 6.07) is 0.558. The highest BCUT2D eigenvalue weighted by Crippen LogP contribution is 2.30. The van der Waals surface area contributed by atoms with Crippen molar-refractivity contribution in [2.75, 3.05) is 46.3 Å². The number of nitrogens with zero attached hydrogens (tertiary/aromatic N) is 3. The Balaban J connectivity index is 1.29. The minimum atomic E-state index is 0.332. The van der Waals surface area contributed by atoms with Crippen molar-refractivity contribution < 1.29 is 4.79 Å². The van der Waals surface area contributed by atoms with Gasteiger partial charge in [0, 0.05) is 58.3 Å². The number of aliphatic imine (C=N–C) groups is 1. The standard InChI is InChI=1S/C22H41N5O/c1-17(2)18-7-9-20(10-8-18)25-22(23-3)24-11-12-26-13-15-27(16-14-26)21(28)19-5-4-6-19/h17-20H,4-16H2,1-3H3,(H2,23,24,25). The van der Waals surface area contributed by atoms with Crippen LogP contribution in [-0.4, -0.2) is 74.0 Å². The lowest BCUT2D eigenvalue weighted by molar-refractivity contribution is -0.139. The van der Waals surface area contributed by atoms with Gasteiger partial charge in [0.1, 0.15) is 0 Å². The molecule has 6 nitrogen and oxygen atoms in total. The first-order valence-electron chi connectivity index (χ1n) is 11.5. The summed E-state index contributed by atoms with van der Waals surface area (Å²) in [7, 11) is 1.86. The first-order chi connectivity index (χ1) is 13.6. The van der Waals surface area contributed by atoms with E-state index < -0.39 is 0 Å². The van der Waals surface area contributed by atoms with Gasteiger partial charge in [-0.1, -0.05) is 20.3 Å². The summed E-state index contributed by atoms with van der Waals surface area (Å²) in [4.78, 5) is 21.3. The average Bonchev–Trinajstić information content (AvgIpc) is 2.66. The lowest BCUT2D eigenvalue weighted by Gasteiger charge is -2.38. The predicted molar refractivity (Wildman–Crippen MR) is 115 cm³/mol. The molecule has 0 aromatic rings. The largest absolute Gasteiger partial charge is 0.355 e. The highest BCUT2D eigenvalue weighted by atomic mass is 16.2. The van der Waals surface area contributed by atoms with Gasteiger partial charge in [0.05, 0.1) is 0 Å². The van der Waals surface area contributed by atoms with E-state index in [1.807, 2.05) is 7.05 Å². The fourth-order valence-corrected chi connectivity index (χ4v) is 4.76. The van der Waals surface area contributed by atoms with Crippen LogP contribution in [0.25, 0.3) is 0 Å². The summed E-state index contributed by atoms with van der Waals surface area (Å²) in [6.07, 6.45) is 8.60. The number of hydrogen-bond acceptors (Lipinski definition) is 3. The van der Waals surface area contributed by atoms with Crippen LogP contribution in [0.5, 0.6) is 0 Å². The summed E-state index contributed by atoms with van der Waals surface area (Å²) in [6.45, 7) is 10.4. The van der Waals surface area contributed by atoms with Crippen LogP contribution < -0.4 is 10.6 Å². The van der Waals surface area contributed by atoms with Crippen molar-refractivity contribution in [3.63, 3.8) is 0 Å². The fourth-order valence-electron chi connectivity index (χ4n) is 4.76. The Morgan fingerprint density at radius 1 is 1.04 bits per heavy atom. The van der Waals surface area contributed by atoms with E-state index in [9.17, 15) is 4.79 Å². The molecule has 160 valence electrons. The Morgan fingerprint density at radius 2 is 1.71 bits per heavy atom. The first-order valence-corrected chi connectivity index (χ1v) is 11.5. The lowest BCUT2D eigenvalue weighted by Crippen LogP contribution is -2.53. The molecule has 2 aliphatic carbocycles. The first kappa shape index (κ1) is 21.4. The minimum Gasteiger partial charge on any atom is -0.355 e. The fraction of sp³-hybridized carbons (Fsp3) is 0.909. The maximum Gasteiger partial charge on any atom is 0.225 e. The zero-order valence-corrected chi connectivity index (χ0v) is 18.3. The van der Waals surface area contributed by atoms with E-state index in [2.05, 4.69) is 39.3 Å². The van der Waals surface area contributed by atoms with E-state index in [1.54, 1.807) is 0 Å². The average molecular weight is 392 g/mol. The Labute approximate surface area is 171 Å². The molecular formula is C22H41N5O. The third-order valence-corrected chi connectivity index (χ3v) is 7.14. The van der Waals surface area contributed by atoms with Crippen LogP contribution in [0.15, 0.2) is 4.99 Å². The van der Waals surface area contributed by atoms with Crippen molar-refractivity contribution in [3.8, 4) is 0 Å². The number of nitrogens with one attached hydrogen (secondary N) is 2. The molecule has 0 aromatic carbocycles. The van der Waals surface area contributed by atoms with Gasteiger partial charge in [-0.3, -0.25) is 14.7 Å². The van der Waals surface area contributed by atoms with Gasteiger partial charge in [-0.05, 0) is 50.4 Å². The molecular weight excluding hydrogens is 350 g/mol. The van der Waals surface area contributed by atoms with Crippen LogP contribution in [0.4, 0.5) is 0 Å². The Kier molecular flexibility index (Phi) is 8.00. The molecule has 0 aromatic heterocycles. The number of rotatable bonds is 6. The second-order valence-corrected chi connectivity index (χ2v) is 9.29. The Hall–Kier alpha value is -1.30. The highest BCUT2D eigenvalue weighted by Gasteiger charge is 2.31. The number of carbonyl (C=O) groups excluding carboxylic acids is 1. The predicted octanol–water partition coefficient (Wildman–Crippen LogP) is 2.31. The van der Waals surface area contributed by atoms with E-state index in [0.717, 1.165) is 69.9 Å². The van der Waals surface area contributed by atoms with Crippen molar-refractivity contribution in [2.24, 2.45) is 22.7 Å². The number of carbonyl (C=O) groups is 1. The molecule has 0 bridgehead atoms. The topological polar surface area (TPSA) is 60.0 Å². The molecule has 0 radical (unpaired) electrons. The Morgan fingerprint density at radius 3 is 2.25 bits per heavy atom. The van der Waals surface area contributed by atoms with Gasteiger partial charge in [0.15, 0.2) is 5.96 Å². The van der Waals surface area contributed by atoms with Crippen molar-refractivity contribution >= 4 is 11.9 Å². The normalized spacial score (nSPS) is 27.6. The van der Waals surface area contributed by atoms with Gasteiger partial charge < -0.3 is 15.5 Å². The van der Waals surface area contributed by atoms with Gasteiger partial charge >= 0.3 is 0 Å². The van der Waals surface area contributed by atoms with E-state index in [0.29, 0.717) is 17.9 Å². The molecule has 3 rings (SSSR count). The molecule has 6 heteroatoms. The van der Waals surface area contributed by atoms with Crippen molar-refractivity contribution in [1.82, 2.24) is 20.4 Å². The molecule has 0 atom stereocenters. The smallest absolute Gasteiger partial charge is 0.225 e. The number of hydrogen-bond donors (Lipinski definition) is 2. The van der Waals surface area contributed by atoms with Crippen LogP contribution in [0.3, 0.4) is 0 Å². The van der Waals surface area contributed by atoms with Crippen LogP contribution in [0.2, 0.25) is 0 Å². The van der Waals surface area contributed by atoms with Crippen LogP contribution in [-0.2, 0) is 4.79 Å². The molecule has 0 unspecified atom stereocenters. The zero-order chi connectivity index (χ0) is 19.9. The summed E-state index contributed by atoms with van der Waals surface area (Å²) in [5, 5.41) is 7.10. The number of amides is 1. The third-order valence-electron chi connectivity index (χ3n) is 7.14. The second-order valence-electron chi connectivity index (χ2n) is 9.29. The van der Waals surface area contributed by atoms with E-state index >= 15 is 0 Å². The summed E-state index contributed by atoms with van der Waals surface area (Å²) >= 11 is 0. The molecule has 1 amide bonds. The van der Waals surface area contributed by atoms with Gasteiger partial charge in [-0.25, -0.2) is 0 Å². The maximum atomic E-state index is 12.3. The third kappa shape index (κ3) is 5.85. The van der Waals surface area contributed by atoms with E-state index in [1.165, 1.54) is 32.1 Å². The number of guanidine groups is 1. The molecule has 0 spiro atoms. The van der Waals surface area contributed by atoms with E-state index in [-0.39, 0.29) is 0 Å². The molecule has 1 heterocycles. The summed E-state index contributed by atoms with van der Waals surface area (Å²) in [5.74, 6) is 3.37. The number of piperazine rings is 1. The minimum absolute atomic E-state index is 0.332. The van der Waals surface area contributed by atoms with Crippen LogP contribution in [0.1, 0.15) is 58.8 Å². The quantitative estimate of drug-likeness (QED) is 0.539. The summed E-state index contributed by atoms with van der Waals surface area (Å²) < 4.78 is 0. The summed E-state index contributed by atoms with van der Waals surface area (Å²) in [5.41, 5.74) is 0. The molecule has 1 saturated heterocycles. The molecule has 3 fully saturated rings. The van der Waals surface area contributed by atoms with Gasteiger partial charge in [-0.2, -0.15) is 0 Å². The zero-order valence-electron chi connectivity index (χ0n) is 18.3. The van der Waals surface area contributed by atoms with Gasteiger partial charge in [0.2, 0.25) is 5.91 Å². The maximum absolute atomic E-state index is 12.3. The van der Waals surface area contributed by atoms with Crippen LogP contribution >= 0.6 is 0 Å². The monoisotopic (exact) mass is 391 g/mol.